The number of imidazole rings is 1. The maximum absolute atomic E-state index is 11.1. The van der Waals surface area contributed by atoms with Crippen LogP contribution in [-0.4, -0.2) is 33.6 Å². The molecule has 1 aliphatic carbocycles. The van der Waals surface area contributed by atoms with Gasteiger partial charge in [-0.05, 0) is 25.3 Å². The van der Waals surface area contributed by atoms with Gasteiger partial charge in [-0.3, -0.25) is 4.79 Å². The molecule has 1 atom stereocenters. The zero-order valence-electron chi connectivity index (χ0n) is 9.85. The summed E-state index contributed by atoms with van der Waals surface area (Å²) in [6.45, 7) is 0.811. The number of H-pyrrole nitrogens is 1. The maximum atomic E-state index is 11.1. The first-order chi connectivity index (χ1) is 8.25. The number of nitrogens with one attached hydrogen (secondary N) is 2. The average molecular weight is 237 g/mol. The summed E-state index contributed by atoms with van der Waals surface area (Å²) in [5.74, 6) is -0.142. The lowest BCUT2D eigenvalue weighted by molar-refractivity contribution is -0.139. The number of aromatic amines is 1. The van der Waals surface area contributed by atoms with Crippen molar-refractivity contribution in [1.29, 1.82) is 0 Å². The van der Waals surface area contributed by atoms with E-state index in [4.69, 9.17) is 5.11 Å². The van der Waals surface area contributed by atoms with Crippen LogP contribution in [0.2, 0.25) is 0 Å². The number of aliphatic carboxylic acids is 1. The van der Waals surface area contributed by atoms with Crippen molar-refractivity contribution in [1.82, 2.24) is 15.3 Å². The Balaban J connectivity index is 1.82. The van der Waals surface area contributed by atoms with Gasteiger partial charge < -0.3 is 15.4 Å². The second-order valence-corrected chi connectivity index (χ2v) is 4.73. The van der Waals surface area contributed by atoms with Crippen LogP contribution in [0.25, 0.3) is 0 Å². The predicted octanol–water partition coefficient (Wildman–Crippen LogP) is 1.19. The van der Waals surface area contributed by atoms with Gasteiger partial charge in [-0.2, -0.15) is 0 Å². The molecule has 0 aromatic carbocycles. The Bertz CT molecular complexity index is 345. The van der Waals surface area contributed by atoms with E-state index in [0.717, 1.165) is 12.2 Å². The van der Waals surface area contributed by atoms with Gasteiger partial charge in [0.15, 0.2) is 0 Å². The minimum absolute atomic E-state index is 0.460. The Labute approximate surface area is 101 Å². The molecule has 1 aromatic heterocycles. The fourth-order valence-corrected chi connectivity index (χ4v) is 2.39. The molecular weight excluding hydrogens is 218 g/mol. The topological polar surface area (TPSA) is 78.0 Å². The molecule has 1 heterocycles. The largest absolute Gasteiger partial charge is 0.480 e. The number of carbonyl (C=O) groups is 1. The van der Waals surface area contributed by atoms with Gasteiger partial charge in [0, 0.05) is 18.3 Å². The van der Waals surface area contributed by atoms with Crippen LogP contribution in [0.3, 0.4) is 0 Å². The molecular formula is C12H19N3O2. The summed E-state index contributed by atoms with van der Waals surface area (Å²) >= 11 is 0. The van der Waals surface area contributed by atoms with Crippen molar-refractivity contribution >= 4 is 5.97 Å². The zero-order valence-corrected chi connectivity index (χ0v) is 9.85. The first-order valence-electron chi connectivity index (χ1n) is 6.19. The molecule has 1 aromatic rings. The molecule has 0 bridgehead atoms. The molecule has 0 amide bonds. The van der Waals surface area contributed by atoms with Crippen molar-refractivity contribution in [2.24, 2.45) is 5.92 Å². The predicted molar refractivity (Wildman–Crippen MR) is 63.7 cm³/mol. The molecule has 0 spiro atoms. The summed E-state index contributed by atoms with van der Waals surface area (Å²) in [6.07, 6.45) is 8.72. The minimum Gasteiger partial charge on any atom is -0.480 e. The van der Waals surface area contributed by atoms with Crippen molar-refractivity contribution in [3.63, 3.8) is 0 Å². The van der Waals surface area contributed by atoms with E-state index in [9.17, 15) is 4.79 Å². The number of aromatic nitrogens is 2. The normalized spacial score (nSPS) is 18.4. The first-order valence-corrected chi connectivity index (χ1v) is 6.19. The highest BCUT2D eigenvalue weighted by molar-refractivity contribution is 5.73. The summed E-state index contributed by atoms with van der Waals surface area (Å²) < 4.78 is 0. The minimum atomic E-state index is -0.794. The van der Waals surface area contributed by atoms with Crippen LogP contribution in [0, 0.1) is 5.92 Å². The van der Waals surface area contributed by atoms with Crippen LogP contribution in [-0.2, 0) is 11.2 Å². The van der Waals surface area contributed by atoms with E-state index in [2.05, 4.69) is 15.3 Å². The molecule has 5 nitrogen and oxygen atoms in total. The third kappa shape index (κ3) is 3.56. The van der Waals surface area contributed by atoms with Crippen molar-refractivity contribution in [2.75, 3.05) is 6.54 Å². The van der Waals surface area contributed by atoms with Gasteiger partial charge in [-0.1, -0.05) is 12.8 Å². The van der Waals surface area contributed by atoms with Crippen molar-refractivity contribution in [3.05, 3.63) is 18.2 Å². The van der Waals surface area contributed by atoms with Crippen LogP contribution in [0.15, 0.2) is 12.5 Å². The molecule has 94 valence electrons. The van der Waals surface area contributed by atoms with E-state index in [-0.39, 0.29) is 0 Å². The molecule has 5 heteroatoms. The molecule has 0 radical (unpaired) electrons. The SMILES string of the molecule is O=C(O)[C@H](Cc1cnc[nH]1)NCC1CCCC1. The third-order valence-corrected chi connectivity index (χ3v) is 3.40. The number of hydrogen-bond donors (Lipinski definition) is 3. The van der Waals surface area contributed by atoms with Gasteiger partial charge in [0.25, 0.3) is 0 Å². The molecule has 0 aliphatic heterocycles. The highest BCUT2D eigenvalue weighted by atomic mass is 16.4. The van der Waals surface area contributed by atoms with E-state index >= 15 is 0 Å². The van der Waals surface area contributed by atoms with Gasteiger partial charge in [0.2, 0.25) is 0 Å². The van der Waals surface area contributed by atoms with E-state index in [0.29, 0.717) is 12.3 Å². The van der Waals surface area contributed by atoms with Crippen molar-refractivity contribution < 1.29 is 9.90 Å². The fraction of sp³-hybridized carbons (Fsp3) is 0.667. The third-order valence-electron chi connectivity index (χ3n) is 3.40. The van der Waals surface area contributed by atoms with E-state index in [1.54, 1.807) is 12.5 Å². The fourth-order valence-electron chi connectivity index (χ4n) is 2.39. The van der Waals surface area contributed by atoms with Gasteiger partial charge in [0.05, 0.1) is 6.33 Å². The Morgan fingerprint density at radius 3 is 2.94 bits per heavy atom. The van der Waals surface area contributed by atoms with Gasteiger partial charge in [-0.15, -0.1) is 0 Å². The molecule has 0 unspecified atom stereocenters. The van der Waals surface area contributed by atoms with E-state index in [1.807, 2.05) is 0 Å². The van der Waals surface area contributed by atoms with Gasteiger partial charge in [0.1, 0.15) is 6.04 Å². The molecule has 1 fully saturated rings. The van der Waals surface area contributed by atoms with E-state index in [1.165, 1.54) is 25.7 Å². The summed E-state index contributed by atoms with van der Waals surface area (Å²) in [6, 6.07) is -0.518. The smallest absolute Gasteiger partial charge is 0.321 e. The molecule has 0 saturated heterocycles. The molecule has 3 N–H and O–H groups in total. The number of carboxylic acids is 1. The Morgan fingerprint density at radius 1 is 1.59 bits per heavy atom. The van der Waals surface area contributed by atoms with Crippen LogP contribution < -0.4 is 5.32 Å². The maximum Gasteiger partial charge on any atom is 0.321 e. The zero-order chi connectivity index (χ0) is 12.1. The second kappa shape index (κ2) is 5.82. The first kappa shape index (κ1) is 12.1. The standard InChI is InChI=1S/C12H19N3O2/c16-12(17)11(5-10-7-13-8-15-10)14-6-9-3-1-2-4-9/h7-9,11,14H,1-6H2,(H,13,15)(H,16,17)/t11-/m0/s1. The quantitative estimate of drug-likeness (QED) is 0.694. The van der Waals surface area contributed by atoms with Crippen molar-refractivity contribution in [3.8, 4) is 0 Å². The number of nitrogens with zero attached hydrogens (tertiary/aromatic N) is 1. The number of carboxylic acid groups (broad SMARTS) is 1. The van der Waals surface area contributed by atoms with Crippen LogP contribution in [0.5, 0.6) is 0 Å². The lowest BCUT2D eigenvalue weighted by atomic mass is 10.1. The Hall–Kier alpha value is -1.36. The molecule has 1 saturated carbocycles. The Morgan fingerprint density at radius 2 is 2.35 bits per heavy atom. The monoisotopic (exact) mass is 237 g/mol. The molecule has 2 rings (SSSR count). The number of hydrogen-bond acceptors (Lipinski definition) is 3. The van der Waals surface area contributed by atoms with E-state index < -0.39 is 12.0 Å². The van der Waals surface area contributed by atoms with Crippen molar-refractivity contribution in [2.45, 2.75) is 38.1 Å². The highest BCUT2D eigenvalue weighted by Crippen LogP contribution is 2.23. The lowest BCUT2D eigenvalue weighted by Gasteiger charge is -2.16. The molecule has 17 heavy (non-hydrogen) atoms. The van der Waals surface area contributed by atoms with Crippen LogP contribution >= 0.6 is 0 Å². The van der Waals surface area contributed by atoms with Gasteiger partial charge >= 0.3 is 5.97 Å². The highest BCUT2D eigenvalue weighted by Gasteiger charge is 2.21. The average Bonchev–Trinajstić information content (AvgIpc) is 2.97. The van der Waals surface area contributed by atoms with Gasteiger partial charge in [-0.25, -0.2) is 4.98 Å². The second-order valence-electron chi connectivity index (χ2n) is 4.73. The Kier molecular flexibility index (Phi) is 4.14. The lowest BCUT2D eigenvalue weighted by Crippen LogP contribution is -2.40. The van der Waals surface area contributed by atoms with Crippen LogP contribution in [0.1, 0.15) is 31.4 Å². The summed E-state index contributed by atoms with van der Waals surface area (Å²) in [5.41, 5.74) is 0.858. The summed E-state index contributed by atoms with van der Waals surface area (Å²) in [7, 11) is 0. The molecule has 1 aliphatic rings. The summed E-state index contributed by atoms with van der Waals surface area (Å²) in [4.78, 5) is 18.0. The van der Waals surface area contributed by atoms with Crippen LogP contribution in [0.4, 0.5) is 0 Å². The number of rotatable bonds is 6. The summed E-state index contributed by atoms with van der Waals surface area (Å²) in [5, 5.41) is 12.3.